The second kappa shape index (κ2) is 10.1. The molecule has 124 valence electrons. The summed E-state index contributed by atoms with van der Waals surface area (Å²) in [4.78, 5) is 21.6. The fraction of sp³-hybridized carbons (Fsp3) is 0.222. The van der Waals surface area contributed by atoms with Gasteiger partial charge in [-0.25, -0.2) is 0 Å². The highest BCUT2D eigenvalue weighted by molar-refractivity contribution is 5.94. The molecule has 0 radical (unpaired) electrons. The van der Waals surface area contributed by atoms with E-state index in [1.807, 2.05) is 0 Å². The average molecular weight is 318 g/mol. The summed E-state index contributed by atoms with van der Waals surface area (Å²) in [5, 5.41) is 0. The van der Waals surface area contributed by atoms with Crippen LogP contribution >= 0.6 is 0 Å². The van der Waals surface area contributed by atoms with Crippen LogP contribution in [-0.2, 0) is 0 Å². The quantitative estimate of drug-likeness (QED) is 0.811. The Kier molecular flexibility index (Phi) is 8.96. The minimum absolute atomic E-state index is 0. The summed E-state index contributed by atoms with van der Waals surface area (Å²) in [5.74, 6) is 1.70. The van der Waals surface area contributed by atoms with E-state index in [9.17, 15) is 9.59 Å². The van der Waals surface area contributed by atoms with Crippen LogP contribution in [0.4, 0.5) is 0 Å². The lowest BCUT2D eigenvalue weighted by atomic mass is 10.1. The van der Waals surface area contributed by atoms with Crippen LogP contribution in [-0.4, -0.2) is 31.3 Å². The van der Waals surface area contributed by atoms with Gasteiger partial charge in [0.05, 0.1) is 14.2 Å². The van der Waals surface area contributed by atoms with E-state index in [0.29, 0.717) is 11.1 Å². The Labute approximate surface area is 136 Å². The van der Waals surface area contributed by atoms with Crippen molar-refractivity contribution in [2.24, 2.45) is 0 Å². The van der Waals surface area contributed by atoms with Crippen molar-refractivity contribution < 1.29 is 24.5 Å². The molecule has 0 heterocycles. The summed E-state index contributed by atoms with van der Waals surface area (Å²) in [6, 6.07) is 14.1. The summed E-state index contributed by atoms with van der Waals surface area (Å²) in [6.45, 7) is 3.09. The zero-order chi connectivity index (χ0) is 16.5. The number of ether oxygens (including phenoxy) is 2. The molecule has 5 nitrogen and oxygen atoms in total. The van der Waals surface area contributed by atoms with Crippen molar-refractivity contribution >= 4 is 11.6 Å². The number of hydrogen-bond acceptors (Lipinski definition) is 4. The molecule has 0 aromatic heterocycles. The number of hydrogen-bond donors (Lipinski definition) is 0. The molecular weight excluding hydrogens is 296 g/mol. The first-order valence-corrected chi connectivity index (χ1v) is 6.78. The van der Waals surface area contributed by atoms with Crippen molar-refractivity contribution in [2.45, 2.75) is 13.8 Å². The Bertz CT molecular complexity index is 557. The number of methoxy groups -OCH3 is 2. The van der Waals surface area contributed by atoms with Crippen molar-refractivity contribution in [1.82, 2.24) is 0 Å². The molecule has 0 unspecified atom stereocenters. The van der Waals surface area contributed by atoms with Crippen molar-refractivity contribution in [1.29, 1.82) is 0 Å². The largest absolute Gasteiger partial charge is 0.497 e. The molecule has 2 aromatic rings. The van der Waals surface area contributed by atoms with Gasteiger partial charge in [-0.3, -0.25) is 9.59 Å². The normalized spacial score (nSPS) is 8.87. The van der Waals surface area contributed by atoms with Crippen molar-refractivity contribution in [3.05, 3.63) is 59.7 Å². The molecule has 0 bridgehead atoms. The Balaban J connectivity index is 0.000000403. The molecule has 5 heteroatoms. The highest BCUT2D eigenvalue weighted by Gasteiger charge is 1.98. The molecule has 0 atom stereocenters. The monoisotopic (exact) mass is 318 g/mol. The molecule has 2 aromatic carbocycles. The van der Waals surface area contributed by atoms with Gasteiger partial charge in [-0.2, -0.15) is 0 Å². The third kappa shape index (κ3) is 6.76. The van der Waals surface area contributed by atoms with E-state index in [4.69, 9.17) is 9.47 Å². The first-order chi connectivity index (χ1) is 10.5. The van der Waals surface area contributed by atoms with E-state index >= 15 is 0 Å². The highest BCUT2D eigenvalue weighted by Crippen LogP contribution is 2.11. The first kappa shape index (κ1) is 20.3. The molecule has 0 saturated carbocycles. The SMILES string of the molecule is COc1ccc(C(C)=O)cc1.COc1ccc(C(C)=O)cc1.O. The van der Waals surface area contributed by atoms with Gasteiger partial charge in [-0.05, 0) is 62.4 Å². The first-order valence-electron chi connectivity index (χ1n) is 6.78. The third-order valence-electron chi connectivity index (χ3n) is 2.99. The van der Waals surface area contributed by atoms with Gasteiger partial charge in [-0.1, -0.05) is 0 Å². The van der Waals surface area contributed by atoms with Crippen LogP contribution in [0.2, 0.25) is 0 Å². The van der Waals surface area contributed by atoms with Crippen molar-refractivity contribution in [3.63, 3.8) is 0 Å². The van der Waals surface area contributed by atoms with E-state index in [2.05, 4.69) is 0 Å². The van der Waals surface area contributed by atoms with Crippen molar-refractivity contribution in [3.8, 4) is 11.5 Å². The summed E-state index contributed by atoms with van der Waals surface area (Å²) < 4.78 is 9.88. The highest BCUT2D eigenvalue weighted by atomic mass is 16.5. The fourth-order valence-corrected chi connectivity index (χ4v) is 1.65. The van der Waals surface area contributed by atoms with Gasteiger partial charge < -0.3 is 14.9 Å². The molecule has 0 amide bonds. The Morgan fingerprint density at radius 3 is 1.09 bits per heavy atom. The Morgan fingerprint density at radius 2 is 0.913 bits per heavy atom. The minimum Gasteiger partial charge on any atom is -0.497 e. The predicted molar refractivity (Wildman–Crippen MR) is 89.6 cm³/mol. The minimum atomic E-state index is 0. The van der Waals surface area contributed by atoms with Crippen LogP contribution in [0.1, 0.15) is 34.6 Å². The van der Waals surface area contributed by atoms with Crippen LogP contribution in [0.5, 0.6) is 11.5 Å². The van der Waals surface area contributed by atoms with Gasteiger partial charge in [0.25, 0.3) is 0 Å². The second-order valence-electron chi connectivity index (χ2n) is 4.57. The van der Waals surface area contributed by atoms with Crippen molar-refractivity contribution in [2.75, 3.05) is 14.2 Å². The molecular formula is C18H22O5. The molecule has 2 rings (SSSR count). The standard InChI is InChI=1S/2C9H10O2.H2O/c2*1-7(10)8-3-5-9(11-2)6-4-8;/h2*3-6H,1-2H3;1H2. The number of ketones is 2. The zero-order valence-electron chi connectivity index (χ0n) is 13.8. The molecule has 0 aliphatic heterocycles. The van der Waals surface area contributed by atoms with E-state index < -0.39 is 0 Å². The molecule has 0 fully saturated rings. The van der Waals surface area contributed by atoms with Gasteiger partial charge in [0, 0.05) is 11.1 Å². The molecule has 23 heavy (non-hydrogen) atoms. The van der Waals surface area contributed by atoms with Gasteiger partial charge in [0.2, 0.25) is 0 Å². The van der Waals surface area contributed by atoms with Gasteiger partial charge in [-0.15, -0.1) is 0 Å². The van der Waals surface area contributed by atoms with Crippen LogP contribution in [0.25, 0.3) is 0 Å². The number of Topliss-reactive ketones (excluding diaryl/α,β-unsaturated/α-hetero) is 2. The van der Waals surface area contributed by atoms with Crippen LogP contribution in [0.3, 0.4) is 0 Å². The summed E-state index contributed by atoms with van der Waals surface area (Å²) >= 11 is 0. The Morgan fingerprint density at radius 1 is 0.652 bits per heavy atom. The topological polar surface area (TPSA) is 84.1 Å². The maximum Gasteiger partial charge on any atom is 0.159 e. The molecule has 0 saturated heterocycles. The molecule has 0 aliphatic rings. The van der Waals surface area contributed by atoms with E-state index in [0.717, 1.165) is 11.5 Å². The average Bonchev–Trinajstić information content (AvgIpc) is 2.55. The lowest BCUT2D eigenvalue weighted by Crippen LogP contribution is -1.91. The summed E-state index contributed by atoms with van der Waals surface area (Å²) in [5.41, 5.74) is 1.43. The predicted octanol–water partition coefficient (Wildman–Crippen LogP) is 2.97. The van der Waals surface area contributed by atoms with Crippen LogP contribution < -0.4 is 9.47 Å². The third-order valence-corrected chi connectivity index (χ3v) is 2.99. The number of carbonyl (C=O) groups excluding carboxylic acids is 2. The number of carbonyl (C=O) groups is 2. The second-order valence-corrected chi connectivity index (χ2v) is 4.57. The smallest absolute Gasteiger partial charge is 0.159 e. The fourth-order valence-electron chi connectivity index (χ4n) is 1.65. The molecule has 0 spiro atoms. The molecule has 0 aliphatic carbocycles. The number of benzene rings is 2. The lowest BCUT2D eigenvalue weighted by molar-refractivity contribution is 0.100. The maximum atomic E-state index is 10.8. The van der Waals surface area contributed by atoms with Gasteiger partial charge in [0.15, 0.2) is 11.6 Å². The number of rotatable bonds is 4. The maximum absolute atomic E-state index is 10.8. The zero-order valence-corrected chi connectivity index (χ0v) is 13.8. The van der Waals surface area contributed by atoms with Crippen LogP contribution in [0, 0.1) is 0 Å². The Hall–Kier alpha value is -2.66. The van der Waals surface area contributed by atoms with Crippen LogP contribution in [0.15, 0.2) is 48.5 Å². The molecule has 2 N–H and O–H groups in total. The van der Waals surface area contributed by atoms with E-state index in [1.165, 1.54) is 0 Å². The van der Waals surface area contributed by atoms with Gasteiger partial charge >= 0.3 is 0 Å². The van der Waals surface area contributed by atoms with Gasteiger partial charge in [0.1, 0.15) is 11.5 Å². The lowest BCUT2D eigenvalue weighted by Gasteiger charge is -1.98. The summed E-state index contributed by atoms with van der Waals surface area (Å²) in [6.07, 6.45) is 0. The summed E-state index contributed by atoms with van der Waals surface area (Å²) in [7, 11) is 3.20. The van der Waals surface area contributed by atoms with E-state index in [1.54, 1.807) is 76.6 Å². The van der Waals surface area contributed by atoms with E-state index in [-0.39, 0.29) is 17.0 Å².